The summed E-state index contributed by atoms with van der Waals surface area (Å²) < 4.78 is 17.4. The first kappa shape index (κ1) is 10.5. The van der Waals surface area contributed by atoms with Gasteiger partial charge in [-0.2, -0.15) is 0 Å². The van der Waals surface area contributed by atoms with E-state index in [0.29, 0.717) is 13.2 Å². The van der Waals surface area contributed by atoms with Crippen LogP contribution in [0, 0.1) is 0 Å². The first-order chi connectivity index (χ1) is 5.55. The van der Waals surface area contributed by atoms with E-state index in [9.17, 15) is 4.57 Å². The van der Waals surface area contributed by atoms with Crippen LogP contribution in [-0.2, 0) is 9.30 Å². The Kier molecular flexibility index (Phi) is 3.56. The van der Waals surface area contributed by atoms with Gasteiger partial charge in [-0.3, -0.25) is 4.57 Å². The molecule has 4 nitrogen and oxygen atoms in total. The molecule has 12 heavy (non-hydrogen) atoms. The van der Waals surface area contributed by atoms with Crippen molar-refractivity contribution in [2.24, 2.45) is 0 Å². The van der Waals surface area contributed by atoms with Crippen LogP contribution in [0.25, 0.3) is 0 Å². The number of ether oxygens (including phenoxy) is 1. The zero-order valence-corrected chi connectivity index (χ0v) is 8.59. The number of hydrogen-bond acceptors (Lipinski definition) is 2. The first-order valence-electron chi connectivity index (χ1n) is 3.84. The lowest BCUT2D eigenvalue weighted by molar-refractivity contribution is 0.145. The first-order valence-corrected chi connectivity index (χ1v) is 6.36. The molecule has 0 radical (unpaired) electrons. The molecule has 0 amide bonds. The molecule has 1 unspecified atom stereocenters. The quantitative estimate of drug-likeness (QED) is 0.721. The second kappa shape index (κ2) is 4.07. The largest absolute Gasteiger partial charge is 0.383 e. The highest BCUT2D eigenvalue weighted by molar-refractivity contribution is 7.82. The van der Waals surface area contributed by atoms with Crippen molar-refractivity contribution in [2.75, 3.05) is 20.3 Å². The maximum absolute atomic E-state index is 11.1. The molecule has 0 saturated carbocycles. The Morgan fingerprint density at radius 2 is 2.50 bits per heavy atom. The van der Waals surface area contributed by atoms with E-state index < -0.39 is 6.87 Å². The molecule has 0 bridgehead atoms. The van der Waals surface area contributed by atoms with Gasteiger partial charge in [0.1, 0.15) is 0 Å². The molecule has 1 rings (SSSR count). The van der Waals surface area contributed by atoms with Crippen LogP contribution >= 0.6 is 18.1 Å². The molecule has 0 aromatic carbocycles. The molecule has 1 N–H and O–H groups in total. The van der Waals surface area contributed by atoms with E-state index in [1.165, 1.54) is 4.67 Å². The van der Waals surface area contributed by atoms with Crippen LogP contribution in [0.4, 0.5) is 0 Å². The Morgan fingerprint density at radius 1 is 1.83 bits per heavy atom. The summed E-state index contributed by atoms with van der Waals surface area (Å²) in [5, 5.41) is 0. The molecular formula is C6H13ClNO3P. The molecule has 6 heteroatoms. The monoisotopic (exact) mass is 213 g/mol. The highest BCUT2D eigenvalue weighted by Crippen LogP contribution is 2.53. The van der Waals surface area contributed by atoms with Gasteiger partial charge in [-0.1, -0.05) is 0 Å². The minimum absolute atomic E-state index is 0.00309. The van der Waals surface area contributed by atoms with Gasteiger partial charge in [0.2, 0.25) is 0 Å². The summed E-state index contributed by atoms with van der Waals surface area (Å²) in [6.07, 6.45) is 1.79. The molecule has 72 valence electrons. The number of halogens is 1. The van der Waals surface area contributed by atoms with E-state index in [0.717, 1.165) is 12.8 Å². The summed E-state index contributed by atoms with van der Waals surface area (Å²) >= 11 is 5.35. The maximum Gasteiger partial charge on any atom is 0.360 e. The van der Waals surface area contributed by atoms with E-state index in [4.69, 9.17) is 20.9 Å². The smallest absolute Gasteiger partial charge is 0.360 e. The van der Waals surface area contributed by atoms with Crippen LogP contribution < -0.4 is 0 Å². The van der Waals surface area contributed by atoms with E-state index in [1.807, 2.05) is 0 Å². The van der Waals surface area contributed by atoms with Crippen molar-refractivity contribution in [3.05, 3.63) is 0 Å². The highest BCUT2D eigenvalue weighted by Gasteiger charge is 2.35. The predicted molar refractivity (Wildman–Crippen MR) is 47.3 cm³/mol. The van der Waals surface area contributed by atoms with E-state index in [-0.39, 0.29) is 6.04 Å². The maximum atomic E-state index is 11.1. The van der Waals surface area contributed by atoms with Gasteiger partial charge in [0.15, 0.2) is 0 Å². The SMILES string of the molecule is COC[C@@H]1CCCN1P(=O)(O)Cl. The number of hydrogen-bond donors (Lipinski definition) is 1. The molecule has 1 fully saturated rings. The third-order valence-electron chi connectivity index (χ3n) is 2.02. The van der Waals surface area contributed by atoms with Crippen LogP contribution in [0.3, 0.4) is 0 Å². The molecule has 1 saturated heterocycles. The summed E-state index contributed by atoms with van der Waals surface area (Å²) in [5.41, 5.74) is 0. The highest BCUT2D eigenvalue weighted by atomic mass is 35.7. The van der Waals surface area contributed by atoms with Crippen molar-refractivity contribution in [1.82, 2.24) is 4.67 Å². The van der Waals surface area contributed by atoms with Crippen molar-refractivity contribution in [3.8, 4) is 0 Å². The van der Waals surface area contributed by atoms with Gasteiger partial charge >= 0.3 is 6.87 Å². The Hall–Kier alpha value is 0.400. The van der Waals surface area contributed by atoms with Gasteiger partial charge in [0.25, 0.3) is 0 Å². The Labute approximate surface area is 76.8 Å². The van der Waals surface area contributed by atoms with Crippen molar-refractivity contribution in [3.63, 3.8) is 0 Å². The summed E-state index contributed by atoms with van der Waals surface area (Å²) in [6.45, 7) is -2.52. The predicted octanol–water partition coefficient (Wildman–Crippen LogP) is 1.44. The third kappa shape index (κ3) is 2.44. The molecule has 1 aliphatic rings. The average Bonchev–Trinajstić information content (AvgIpc) is 2.34. The molecular weight excluding hydrogens is 200 g/mol. The van der Waals surface area contributed by atoms with Gasteiger partial charge in [-0.05, 0) is 24.1 Å². The Morgan fingerprint density at radius 3 is 3.00 bits per heavy atom. The molecule has 2 atom stereocenters. The van der Waals surface area contributed by atoms with Crippen molar-refractivity contribution >= 4 is 18.1 Å². The van der Waals surface area contributed by atoms with Gasteiger partial charge in [-0.15, -0.1) is 0 Å². The van der Waals surface area contributed by atoms with Gasteiger partial charge in [0, 0.05) is 19.7 Å². The van der Waals surface area contributed by atoms with Gasteiger partial charge in [-0.25, -0.2) is 4.67 Å². The molecule has 1 heterocycles. The lowest BCUT2D eigenvalue weighted by Crippen LogP contribution is -2.28. The van der Waals surface area contributed by atoms with Crippen LogP contribution in [-0.4, -0.2) is 35.9 Å². The fourth-order valence-corrected chi connectivity index (χ4v) is 3.08. The van der Waals surface area contributed by atoms with Gasteiger partial charge in [0.05, 0.1) is 6.61 Å². The fourth-order valence-electron chi connectivity index (χ4n) is 1.51. The third-order valence-corrected chi connectivity index (χ3v) is 3.76. The topological polar surface area (TPSA) is 49.8 Å². The second-order valence-electron chi connectivity index (χ2n) is 2.89. The summed E-state index contributed by atoms with van der Waals surface area (Å²) in [7, 11) is 1.58. The number of rotatable bonds is 3. The molecule has 0 aliphatic carbocycles. The normalized spacial score (nSPS) is 30.4. The van der Waals surface area contributed by atoms with Gasteiger partial charge < -0.3 is 9.63 Å². The van der Waals surface area contributed by atoms with E-state index in [1.54, 1.807) is 7.11 Å². The summed E-state index contributed by atoms with van der Waals surface area (Å²) in [6, 6.07) is 0.00309. The van der Waals surface area contributed by atoms with Crippen LogP contribution in [0.2, 0.25) is 0 Å². The number of nitrogens with zero attached hydrogens (tertiary/aromatic N) is 1. The van der Waals surface area contributed by atoms with Crippen LogP contribution in [0.5, 0.6) is 0 Å². The Balaban J connectivity index is 2.58. The van der Waals surface area contributed by atoms with E-state index >= 15 is 0 Å². The number of methoxy groups -OCH3 is 1. The average molecular weight is 214 g/mol. The lowest BCUT2D eigenvalue weighted by atomic mass is 10.2. The van der Waals surface area contributed by atoms with Crippen LogP contribution in [0.1, 0.15) is 12.8 Å². The molecule has 0 aromatic rings. The zero-order chi connectivity index (χ0) is 9.19. The minimum Gasteiger partial charge on any atom is -0.383 e. The fraction of sp³-hybridized carbons (Fsp3) is 1.00. The van der Waals surface area contributed by atoms with Crippen molar-refractivity contribution in [1.29, 1.82) is 0 Å². The molecule has 0 spiro atoms. The van der Waals surface area contributed by atoms with Crippen LogP contribution in [0.15, 0.2) is 0 Å². The van der Waals surface area contributed by atoms with Crippen molar-refractivity contribution in [2.45, 2.75) is 18.9 Å². The summed E-state index contributed by atoms with van der Waals surface area (Å²) in [5.74, 6) is 0. The molecule has 0 aromatic heterocycles. The van der Waals surface area contributed by atoms with Crippen molar-refractivity contribution < 1.29 is 14.2 Å². The second-order valence-corrected chi connectivity index (χ2v) is 5.67. The standard InChI is InChI=1S/C6H13ClNO3P/c1-11-5-6-3-2-4-8(6)12(7,9)10/h6H,2-5H2,1H3,(H,9,10)/t6-/m0/s1. The Bertz CT molecular complexity index is 195. The lowest BCUT2D eigenvalue weighted by Gasteiger charge is -2.23. The molecule has 1 aliphatic heterocycles. The minimum atomic E-state index is -3.57. The summed E-state index contributed by atoms with van der Waals surface area (Å²) in [4.78, 5) is 9.11. The van der Waals surface area contributed by atoms with E-state index in [2.05, 4.69) is 0 Å². The zero-order valence-electron chi connectivity index (χ0n) is 6.94.